The number of aliphatic hydroxyl groups is 1. The molecule has 2 nitrogen and oxygen atoms in total. The van der Waals surface area contributed by atoms with Crippen molar-refractivity contribution in [1.29, 1.82) is 0 Å². The van der Waals surface area contributed by atoms with Crippen LogP contribution in [0.2, 0.25) is 5.21 Å². The number of hydrogen-bond donors (Lipinski definition) is 2. The first-order valence-corrected chi connectivity index (χ1v) is 12.8. The molecule has 1 fully saturated rings. The SMILES string of the molecule is CCCCCCC(C)(C)c1ccc(C2CC(O)CCC2CCC[AsH2])c(O)c1. The molecular formula is C24H41AsO2. The van der Waals surface area contributed by atoms with Crippen LogP contribution in [0.5, 0.6) is 5.75 Å². The van der Waals surface area contributed by atoms with E-state index in [2.05, 4.69) is 32.9 Å². The number of phenols is 1. The van der Waals surface area contributed by atoms with Gasteiger partial charge in [0.2, 0.25) is 0 Å². The van der Waals surface area contributed by atoms with Crippen molar-refractivity contribution >= 4 is 16.9 Å². The van der Waals surface area contributed by atoms with Gasteiger partial charge in [0.05, 0.1) is 0 Å². The Bertz CT molecular complexity index is 567. The molecule has 0 bridgehead atoms. The Morgan fingerprint density at radius 2 is 1.89 bits per heavy atom. The molecule has 0 radical (unpaired) electrons. The molecule has 1 aromatic carbocycles. The van der Waals surface area contributed by atoms with Crippen LogP contribution < -0.4 is 0 Å². The van der Waals surface area contributed by atoms with Crippen molar-refractivity contribution in [1.82, 2.24) is 0 Å². The van der Waals surface area contributed by atoms with Gasteiger partial charge in [-0.1, -0.05) is 26.2 Å². The third kappa shape index (κ3) is 6.53. The fraction of sp³-hybridized carbons (Fsp3) is 0.750. The molecule has 1 aliphatic rings. The summed E-state index contributed by atoms with van der Waals surface area (Å²) < 4.78 is 0. The minimum absolute atomic E-state index is 0.0968. The molecule has 0 amide bonds. The molecule has 2 rings (SSSR count). The van der Waals surface area contributed by atoms with E-state index >= 15 is 0 Å². The second kappa shape index (κ2) is 10.9. The Kier molecular flexibility index (Phi) is 9.22. The number of unbranched alkanes of at least 4 members (excludes halogenated alkanes) is 3. The fourth-order valence-electron chi connectivity index (χ4n) is 4.73. The van der Waals surface area contributed by atoms with E-state index in [9.17, 15) is 10.2 Å². The van der Waals surface area contributed by atoms with Gasteiger partial charge in [0.1, 0.15) is 0 Å². The van der Waals surface area contributed by atoms with Crippen LogP contribution in [0.25, 0.3) is 0 Å². The molecule has 0 aliphatic heterocycles. The quantitative estimate of drug-likeness (QED) is 0.364. The van der Waals surface area contributed by atoms with Gasteiger partial charge in [0.15, 0.2) is 0 Å². The van der Waals surface area contributed by atoms with Gasteiger partial charge in [-0.05, 0) is 0 Å². The van der Waals surface area contributed by atoms with Crippen LogP contribution in [0.1, 0.15) is 102 Å². The molecule has 0 saturated heterocycles. The molecule has 0 heterocycles. The number of benzene rings is 1. The van der Waals surface area contributed by atoms with Crippen molar-refractivity contribution in [2.75, 3.05) is 0 Å². The van der Waals surface area contributed by atoms with Crippen LogP contribution in [0.15, 0.2) is 18.2 Å². The molecule has 154 valence electrons. The summed E-state index contributed by atoms with van der Waals surface area (Å²) >= 11 is 1.80. The second-order valence-corrected chi connectivity index (χ2v) is 10.4. The van der Waals surface area contributed by atoms with Gasteiger partial charge in [0.25, 0.3) is 0 Å². The maximum absolute atomic E-state index is 10.9. The van der Waals surface area contributed by atoms with Crippen molar-refractivity contribution in [2.45, 2.75) is 108 Å². The van der Waals surface area contributed by atoms with Gasteiger partial charge >= 0.3 is 149 Å². The van der Waals surface area contributed by atoms with E-state index in [1.165, 1.54) is 49.3 Å². The van der Waals surface area contributed by atoms with E-state index in [0.29, 0.717) is 17.6 Å². The molecule has 27 heavy (non-hydrogen) atoms. The summed E-state index contributed by atoms with van der Waals surface area (Å²) in [7, 11) is 0. The van der Waals surface area contributed by atoms with Crippen molar-refractivity contribution in [3.8, 4) is 5.75 Å². The number of phenolic OH excluding ortho intramolecular Hbond substituents is 1. The van der Waals surface area contributed by atoms with Gasteiger partial charge in [-0.2, -0.15) is 0 Å². The Morgan fingerprint density at radius 3 is 2.56 bits per heavy atom. The molecular weight excluding hydrogens is 395 g/mol. The summed E-state index contributed by atoms with van der Waals surface area (Å²) in [5, 5.41) is 22.4. The zero-order chi connectivity index (χ0) is 19.9. The molecule has 1 saturated carbocycles. The van der Waals surface area contributed by atoms with Crippen LogP contribution in [-0.4, -0.2) is 33.2 Å². The summed E-state index contributed by atoms with van der Waals surface area (Å²) in [6.45, 7) is 6.84. The van der Waals surface area contributed by atoms with Crippen LogP contribution in [0, 0.1) is 5.92 Å². The van der Waals surface area contributed by atoms with Gasteiger partial charge < -0.3 is 0 Å². The van der Waals surface area contributed by atoms with Crippen molar-refractivity contribution in [2.24, 2.45) is 5.92 Å². The number of rotatable bonds is 10. The van der Waals surface area contributed by atoms with E-state index in [1.54, 1.807) is 16.9 Å². The van der Waals surface area contributed by atoms with E-state index in [-0.39, 0.29) is 11.5 Å². The first-order chi connectivity index (χ1) is 12.9. The molecule has 1 aromatic rings. The van der Waals surface area contributed by atoms with Crippen LogP contribution in [-0.2, 0) is 5.41 Å². The van der Waals surface area contributed by atoms with Gasteiger partial charge in [-0.3, -0.25) is 0 Å². The van der Waals surface area contributed by atoms with Gasteiger partial charge in [-0.15, -0.1) is 0 Å². The molecule has 4 atom stereocenters. The summed E-state index contributed by atoms with van der Waals surface area (Å²) in [6, 6.07) is 6.40. The van der Waals surface area contributed by atoms with E-state index < -0.39 is 0 Å². The maximum atomic E-state index is 10.9. The van der Waals surface area contributed by atoms with Gasteiger partial charge in [0, 0.05) is 0 Å². The first kappa shape index (κ1) is 22.8. The standard InChI is InChI=1S/C24H41AsO2/c1-4-5-6-7-14-24(2,3)19-11-13-21(23(27)16-19)22-17-20(26)12-10-18(22)9-8-15-25/h11,13,16,18,20,22,26-27H,4-10,12,14-15,17,25H2,1-3H3. The number of aromatic hydroxyl groups is 1. The predicted molar refractivity (Wildman–Crippen MR) is 119 cm³/mol. The average molecular weight is 437 g/mol. The molecule has 2 N–H and O–H groups in total. The Morgan fingerprint density at radius 1 is 1.11 bits per heavy atom. The molecule has 0 aromatic heterocycles. The van der Waals surface area contributed by atoms with Crippen LogP contribution in [0.3, 0.4) is 0 Å². The monoisotopic (exact) mass is 436 g/mol. The average Bonchev–Trinajstić information content (AvgIpc) is 2.64. The molecule has 0 spiro atoms. The number of aliphatic hydroxyl groups excluding tert-OH is 1. The summed E-state index contributed by atoms with van der Waals surface area (Å²) in [5.41, 5.74) is 2.40. The van der Waals surface area contributed by atoms with Crippen LogP contribution >= 0.6 is 0 Å². The zero-order valence-electron chi connectivity index (χ0n) is 17.7. The Balaban J connectivity index is 2.13. The normalized spacial score (nSPS) is 23.5. The summed E-state index contributed by atoms with van der Waals surface area (Å²) in [6.07, 6.45) is 11.4. The van der Waals surface area contributed by atoms with E-state index in [1.807, 2.05) is 6.07 Å². The summed E-state index contributed by atoms with van der Waals surface area (Å²) in [4.78, 5) is 0. The van der Waals surface area contributed by atoms with E-state index in [0.717, 1.165) is 31.2 Å². The van der Waals surface area contributed by atoms with Crippen LogP contribution in [0.4, 0.5) is 0 Å². The molecule has 3 heteroatoms. The number of hydrogen-bond acceptors (Lipinski definition) is 2. The Hall–Kier alpha value is -0.462. The van der Waals surface area contributed by atoms with Crippen molar-refractivity contribution < 1.29 is 10.2 Å². The summed E-state index contributed by atoms with van der Waals surface area (Å²) in [5.74, 6) is 1.34. The molecule has 4 unspecified atom stereocenters. The minimum atomic E-state index is -0.217. The van der Waals surface area contributed by atoms with Crippen molar-refractivity contribution in [3.63, 3.8) is 0 Å². The topological polar surface area (TPSA) is 40.5 Å². The third-order valence-corrected chi connectivity index (χ3v) is 7.47. The third-order valence-electron chi connectivity index (χ3n) is 6.61. The molecule has 1 aliphatic carbocycles. The second-order valence-electron chi connectivity index (χ2n) is 9.23. The zero-order valence-corrected chi connectivity index (χ0v) is 20.1. The van der Waals surface area contributed by atoms with Crippen molar-refractivity contribution in [3.05, 3.63) is 29.3 Å². The van der Waals surface area contributed by atoms with Gasteiger partial charge in [-0.25, -0.2) is 0 Å². The van der Waals surface area contributed by atoms with E-state index in [4.69, 9.17) is 0 Å². The fourth-order valence-corrected chi connectivity index (χ4v) is 5.23. The first-order valence-electron chi connectivity index (χ1n) is 11.1. The predicted octanol–water partition coefficient (Wildman–Crippen LogP) is 5.72. The Labute approximate surface area is 175 Å².